The van der Waals surface area contributed by atoms with Gasteiger partial charge >= 0.3 is 0 Å². The Balaban J connectivity index is 2.37. The smallest absolute Gasteiger partial charge is 0.260 e. The van der Waals surface area contributed by atoms with Gasteiger partial charge in [0.2, 0.25) is 0 Å². The second kappa shape index (κ2) is 5.53. The first-order valence-electron chi connectivity index (χ1n) is 4.34. The summed E-state index contributed by atoms with van der Waals surface area (Å²) in [5.74, 6) is 0.138. The number of halogens is 3. The van der Waals surface area contributed by atoms with Crippen molar-refractivity contribution in [3.63, 3.8) is 0 Å². The number of rotatable bonds is 3. The lowest BCUT2D eigenvalue weighted by Gasteiger charge is -2.07. The van der Waals surface area contributed by atoms with Gasteiger partial charge in [0.05, 0.1) is 6.20 Å². The molecule has 96 valence electrons. The molecule has 0 bridgehead atoms. The zero-order valence-corrected chi connectivity index (χ0v) is 14.8. The van der Waals surface area contributed by atoms with Crippen LogP contribution < -0.4 is 4.72 Å². The minimum absolute atomic E-state index is 0.138. The van der Waals surface area contributed by atoms with Crippen molar-refractivity contribution in [1.29, 1.82) is 0 Å². The molecule has 10 heteroatoms. The maximum atomic E-state index is 12.1. The highest BCUT2D eigenvalue weighted by atomic mass is 79.9. The second-order valence-electron chi connectivity index (χ2n) is 2.99. The van der Waals surface area contributed by atoms with Gasteiger partial charge in [-0.1, -0.05) is 0 Å². The molecule has 0 aromatic carbocycles. The van der Waals surface area contributed by atoms with E-state index in [2.05, 4.69) is 62.5 Å². The van der Waals surface area contributed by atoms with E-state index < -0.39 is 10.0 Å². The molecule has 0 radical (unpaired) electrons. The van der Waals surface area contributed by atoms with E-state index in [0.717, 1.165) is 11.3 Å². The number of nitrogens with one attached hydrogen (secondary N) is 1. The number of sulfonamides is 1. The molecule has 0 aliphatic carbocycles. The molecule has 2 aromatic heterocycles. The standard InChI is InChI=1S/C8H4Br3N3O2S2/c9-4-1-2-17-8(4)18(15,16)14-7-6(11)13-5(10)3-12-7/h1-3H,(H,12,14). The predicted molar refractivity (Wildman–Crippen MR) is 80.3 cm³/mol. The Bertz CT molecular complexity index is 687. The van der Waals surface area contributed by atoms with Gasteiger partial charge in [0, 0.05) is 4.47 Å². The van der Waals surface area contributed by atoms with Gasteiger partial charge in [-0.15, -0.1) is 11.3 Å². The van der Waals surface area contributed by atoms with Crippen LogP contribution in [-0.4, -0.2) is 18.4 Å². The SMILES string of the molecule is O=S(=O)(Nc1ncc(Br)nc1Br)c1sccc1Br. The average Bonchev–Trinajstić information content (AvgIpc) is 2.69. The summed E-state index contributed by atoms with van der Waals surface area (Å²) in [5, 5.41) is 1.68. The second-order valence-corrected chi connectivity index (χ2v) is 8.21. The lowest BCUT2D eigenvalue weighted by molar-refractivity contribution is 0.602. The summed E-state index contributed by atoms with van der Waals surface area (Å²) in [5.41, 5.74) is 0. The lowest BCUT2D eigenvalue weighted by Crippen LogP contribution is -2.13. The van der Waals surface area contributed by atoms with Crippen molar-refractivity contribution in [2.75, 3.05) is 4.72 Å². The van der Waals surface area contributed by atoms with Crippen LogP contribution in [0.15, 0.2) is 35.5 Å². The fourth-order valence-electron chi connectivity index (χ4n) is 1.06. The molecule has 0 unspecified atom stereocenters. The summed E-state index contributed by atoms with van der Waals surface area (Å²) in [6.07, 6.45) is 1.41. The van der Waals surface area contributed by atoms with Crippen molar-refractivity contribution in [2.45, 2.75) is 4.21 Å². The third-order valence-corrected chi connectivity index (χ3v) is 6.70. The third kappa shape index (κ3) is 3.10. The largest absolute Gasteiger partial charge is 0.273 e. The molecule has 0 saturated carbocycles. The number of thiophene rings is 1. The van der Waals surface area contributed by atoms with Crippen molar-refractivity contribution >= 4 is 75.0 Å². The van der Waals surface area contributed by atoms with Crippen LogP contribution in [0.4, 0.5) is 5.82 Å². The van der Waals surface area contributed by atoms with Crippen LogP contribution in [0.25, 0.3) is 0 Å². The topological polar surface area (TPSA) is 72.0 Å². The third-order valence-electron chi connectivity index (χ3n) is 1.76. The molecule has 0 amide bonds. The highest BCUT2D eigenvalue weighted by molar-refractivity contribution is 9.11. The van der Waals surface area contributed by atoms with E-state index in [1.165, 1.54) is 6.20 Å². The minimum atomic E-state index is -3.66. The first-order chi connectivity index (χ1) is 8.40. The lowest BCUT2D eigenvalue weighted by atomic mass is 10.7. The highest BCUT2D eigenvalue weighted by Crippen LogP contribution is 2.30. The van der Waals surface area contributed by atoms with Gasteiger partial charge in [-0.3, -0.25) is 4.72 Å². The van der Waals surface area contributed by atoms with E-state index in [0.29, 0.717) is 13.7 Å². The predicted octanol–water partition coefficient (Wildman–Crippen LogP) is 3.63. The van der Waals surface area contributed by atoms with E-state index in [1.54, 1.807) is 11.4 Å². The normalized spacial score (nSPS) is 11.5. The molecule has 2 heterocycles. The van der Waals surface area contributed by atoms with Gasteiger partial charge in [0.15, 0.2) is 14.6 Å². The molecule has 0 atom stereocenters. The van der Waals surface area contributed by atoms with Gasteiger partial charge in [-0.2, -0.15) is 0 Å². The maximum Gasteiger partial charge on any atom is 0.273 e. The Morgan fingerprint density at radius 2 is 2.00 bits per heavy atom. The summed E-state index contributed by atoms with van der Waals surface area (Å²) in [6, 6.07) is 1.67. The molecular weight excluding hydrogens is 474 g/mol. The zero-order chi connectivity index (χ0) is 13.3. The summed E-state index contributed by atoms with van der Waals surface area (Å²) in [4.78, 5) is 7.94. The van der Waals surface area contributed by atoms with Crippen molar-refractivity contribution < 1.29 is 8.42 Å². The molecule has 5 nitrogen and oxygen atoms in total. The van der Waals surface area contributed by atoms with E-state index in [4.69, 9.17) is 0 Å². The van der Waals surface area contributed by atoms with E-state index in [9.17, 15) is 8.42 Å². The summed E-state index contributed by atoms with van der Waals surface area (Å²) >= 11 is 10.6. The summed E-state index contributed by atoms with van der Waals surface area (Å²) < 4.78 is 28.1. The van der Waals surface area contributed by atoms with Gasteiger partial charge in [-0.25, -0.2) is 18.4 Å². The first kappa shape index (κ1) is 14.4. The Labute approximate surface area is 132 Å². The number of aromatic nitrogens is 2. The van der Waals surface area contributed by atoms with Gasteiger partial charge < -0.3 is 0 Å². The molecule has 0 saturated heterocycles. The van der Waals surface area contributed by atoms with Crippen LogP contribution in [0.1, 0.15) is 0 Å². The number of anilines is 1. The molecule has 0 fully saturated rings. The molecule has 1 N–H and O–H groups in total. The van der Waals surface area contributed by atoms with Crippen molar-refractivity contribution in [3.8, 4) is 0 Å². The maximum absolute atomic E-state index is 12.1. The first-order valence-corrected chi connectivity index (χ1v) is 9.08. The minimum Gasteiger partial charge on any atom is -0.260 e. The fraction of sp³-hybridized carbons (Fsp3) is 0. The van der Waals surface area contributed by atoms with Gasteiger partial charge in [0.25, 0.3) is 10.0 Å². The monoisotopic (exact) mass is 475 g/mol. The molecule has 18 heavy (non-hydrogen) atoms. The Hall–Kier alpha value is -0.0300. The van der Waals surface area contributed by atoms with Crippen LogP contribution in [0, 0.1) is 0 Å². The Kier molecular flexibility index (Phi) is 4.42. The van der Waals surface area contributed by atoms with Gasteiger partial charge in [-0.05, 0) is 59.2 Å². The summed E-state index contributed by atoms with van der Waals surface area (Å²) in [6.45, 7) is 0. The van der Waals surface area contributed by atoms with Crippen molar-refractivity contribution in [3.05, 3.63) is 31.3 Å². The molecule has 0 aliphatic rings. The summed E-state index contributed by atoms with van der Waals surface area (Å²) in [7, 11) is -3.66. The molecule has 2 rings (SSSR count). The van der Waals surface area contributed by atoms with E-state index >= 15 is 0 Å². The fourth-order valence-corrected chi connectivity index (χ4v) is 5.46. The average molecular weight is 478 g/mol. The van der Waals surface area contributed by atoms with Gasteiger partial charge in [0.1, 0.15) is 4.60 Å². The van der Waals surface area contributed by atoms with E-state index in [1.807, 2.05) is 0 Å². The molecule has 2 aromatic rings. The Morgan fingerprint density at radius 3 is 2.56 bits per heavy atom. The zero-order valence-electron chi connectivity index (χ0n) is 8.39. The van der Waals surface area contributed by atoms with Crippen LogP contribution in [0.2, 0.25) is 0 Å². The number of hydrogen-bond donors (Lipinski definition) is 1. The van der Waals surface area contributed by atoms with Crippen LogP contribution in [0.5, 0.6) is 0 Å². The molecular formula is C8H4Br3N3O2S2. The van der Waals surface area contributed by atoms with Crippen LogP contribution in [-0.2, 0) is 10.0 Å². The molecule has 0 aliphatic heterocycles. The number of nitrogens with zero attached hydrogens (tertiary/aromatic N) is 2. The van der Waals surface area contributed by atoms with Crippen LogP contribution in [0.3, 0.4) is 0 Å². The Morgan fingerprint density at radius 1 is 1.28 bits per heavy atom. The van der Waals surface area contributed by atoms with Crippen LogP contribution >= 0.6 is 59.1 Å². The highest BCUT2D eigenvalue weighted by Gasteiger charge is 2.21. The molecule has 0 spiro atoms. The van der Waals surface area contributed by atoms with Crippen molar-refractivity contribution in [2.24, 2.45) is 0 Å². The number of hydrogen-bond acceptors (Lipinski definition) is 5. The van der Waals surface area contributed by atoms with Crippen molar-refractivity contribution in [1.82, 2.24) is 9.97 Å². The quantitative estimate of drug-likeness (QED) is 0.732. The van der Waals surface area contributed by atoms with E-state index in [-0.39, 0.29) is 10.0 Å².